The Balaban J connectivity index is 1.68. The third-order valence-corrected chi connectivity index (χ3v) is 3.64. The lowest BCUT2D eigenvalue weighted by Gasteiger charge is -2.16. The zero-order chi connectivity index (χ0) is 15.5. The first kappa shape index (κ1) is 14.5. The molecule has 2 N–H and O–H groups in total. The Labute approximate surface area is 128 Å². The van der Waals surface area contributed by atoms with Crippen LogP contribution in [0.25, 0.3) is 11.4 Å². The molecule has 1 fully saturated rings. The predicted molar refractivity (Wildman–Crippen MR) is 83.4 cm³/mol. The zero-order valence-electron chi connectivity index (χ0n) is 12.4. The molecule has 1 aromatic carbocycles. The number of β-amino-alcohol motifs (C(OH)–C–C–N with tert-alkyl or cyclic N) is 1. The summed E-state index contributed by atoms with van der Waals surface area (Å²) in [5, 5.41) is 12.3. The van der Waals surface area contributed by atoms with E-state index in [9.17, 15) is 9.90 Å². The number of hydrogen-bond acceptors (Lipinski definition) is 4. The van der Waals surface area contributed by atoms with Crippen LogP contribution in [0.4, 0.5) is 10.5 Å². The fourth-order valence-corrected chi connectivity index (χ4v) is 2.42. The second kappa shape index (κ2) is 6.11. The number of aromatic nitrogens is 2. The summed E-state index contributed by atoms with van der Waals surface area (Å²) in [6, 6.07) is 9.07. The Hall–Kier alpha value is -2.47. The first-order valence-electron chi connectivity index (χ1n) is 7.26. The number of aliphatic hydroxyl groups excluding tert-OH is 1. The smallest absolute Gasteiger partial charge is 0.321 e. The van der Waals surface area contributed by atoms with Gasteiger partial charge < -0.3 is 15.3 Å². The van der Waals surface area contributed by atoms with Crippen molar-refractivity contribution in [2.75, 3.05) is 18.4 Å². The number of urea groups is 1. The SMILES string of the molecule is Cc1ccnc(-c2ccc(NC(=O)N3CC[C@H](O)C3)cc2)n1. The van der Waals surface area contributed by atoms with Gasteiger partial charge in [-0.3, -0.25) is 0 Å². The molecule has 2 heterocycles. The lowest BCUT2D eigenvalue weighted by Crippen LogP contribution is -2.33. The van der Waals surface area contributed by atoms with Gasteiger partial charge in [0.2, 0.25) is 0 Å². The number of benzene rings is 1. The highest BCUT2D eigenvalue weighted by Crippen LogP contribution is 2.19. The van der Waals surface area contributed by atoms with E-state index in [0.29, 0.717) is 31.0 Å². The number of amides is 2. The predicted octanol–water partition coefficient (Wildman–Crippen LogP) is 2.05. The molecule has 0 unspecified atom stereocenters. The summed E-state index contributed by atoms with van der Waals surface area (Å²) in [5.41, 5.74) is 2.52. The highest BCUT2D eigenvalue weighted by atomic mass is 16.3. The molecule has 0 bridgehead atoms. The first-order valence-corrected chi connectivity index (χ1v) is 7.26. The number of likely N-dealkylation sites (tertiary alicyclic amines) is 1. The van der Waals surface area contributed by atoms with Crippen LogP contribution in [0.2, 0.25) is 0 Å². The van der Waals surface area contributed by atoms with E-state index < -0.39 is 6.10 Å². The number of carbonyl (C=O) groups is 1. The molecule has 2 aromatic rings. The summed E-state index contributed by atoms with van der Waals surface area (Å²) in [6.45, 7) is 2.90. The van der Waals surface area contributed by atoms with Gasteiger partial charge in [-0.1, -0.05) is 0 Å². The van der Waals surface area contributed by atoms with E-state index in [1.54, 1.807) is 11.1 Å². The molecule has 0 saturated carbocycles. The molecule has 1 saturated heterocycles. The standard InChI is InChI=1S/C16H18N4O2/c1-11-6-8-17-15(18-11)12-2-4-13(5-3-12)19-16(22)20-9-7-14(21)10-20/h2-6,8,14,21H,7,9-10H2,1H3,(H,19,22)/t14-/m0/s1. The molecule has 6 nitrogen and oxygen atoms in total. The summed E-state index contributed by atoms with van der Waals surface area (Å²) < 4.78 is 0. The number of anilines is 1. The molecule has 1 atom stereocenters. The fraction of sp³-hybridized carbons (Fsp3) is 0.312. The molecule has 0 spiro atoms. The van der Waals surface area contributed by atoms with E-state index in [4.69, 9.17) is 0 Å². The van der Waals surface area contributed by atoms with Crippen LogP contribution < -0.4 is 5.32 Å². The Morgan fingerprint density at radius 2 is 2.09 bits per heavy atom. The van der Waals surface area contributed by atoms with Crippen LogP contribution in [-0.4, -0.2) is 45.2 Å². The van der Waals surface area contributed by atoms with Crippen molar-refractivity contribution < 1.29 is 9.90 Å². The van der Waals surface area contributed by atoms with Gasteiger partial charge in [-0.25, -0.2) is 14.8 Å². The van der Waals surface area contributed by atoms with Gasteiger partial charge in [0.15, 0.2) is 5.82 Å². The molecular formula is C16H18N4O2. The molecule has 0 radical (unpaired) electrons. The lowest BCUT2D eigenvalue weighted by atomic mass is 10.2. The van der Waals surface area contributed by atoms with E-state index in [1.807, 2.05) is 37.3 Å². The van der Waals surface area contributed by atoms with Crippen LogP contribution in [0.3, 0.4) is 0 Å². The number of carbonyl (C=O) groups excluding carboxylic acids is 1. The average Bonchev–Trinajstić information content (AvgIpc) is 2.95. The van der Waals surface area contributed by atoms with Gasteiger partial charge in [-0.2, -0.15) is 0 Å². The van der Waals surface area contributed by atoms with Crippen molar-refractivity contribution in [1.82, 2.24) is 14.9 Å². The highest BCUT2D eigenvalue weighted by Gasteiger charge is 2.24. The normalized spacial score (nSPS) is 17.5. The van der Waals surface area contributed by atoms with E-state index in [1.165, 1.54) is 0 Å². The third kappa shape index (κ3) is 3.23. The van der Waals surface area contributed by atoms with Gasteiger partial charge in [-0.05, 0) is 43.7 Å². The summed E-state index contributed by atoms with van der Waals surface area (Å²) in [7, 11) is 0. The molecule has 1 aliphatic heterocycles. The largest absolute Gasteiger partial charge is 0.391 e. The van der Waals surface area contributed by atoms with Crippen LogP contribution in [-0.2, 0) is 0 Å². The summed E-state index contributed by atoms with van der Waals surface area (Å²) in [4.78, 5) is 22.3. The maximum absolute atomic E-state index is 12.0. The van der Waals surface area contributed by atoms with Crippen LogP contribution in [0.1, 0.15) is 12.1 Å². The van der Waals surface area contributed by atoms with Crippen LogP contribution in [0, 0.1) is 6.92 Å². The molecule has 1 aliphatic rings. The van der Waals surface area contributed by atoms with E-state index >= 15 is 0 Å². The van der Waals surface area contributed by atoms with E-state index in [0.717, 1.165) is 11.3 Å². The molecule has 22 heavy (non-hydrogen) atoms. The van der Waals surface area contributed by atoms with Gasteiger partial charge in [-0.15, -0.1) is 0 Å². The number of aliphatic hydroxyl groups is 1. The van der Waals surface area contributed by atoms with Gasteiger partial charge in [0.05, 0.1) is 6.10 Å². The Bertz CT molecular complexity index is 672. The third-order valence-electron chi connectivity index (χ3n) is 3.64. The maximum Gasteiger partial charge on any atom is 0.321 e. The number of nitrogens with zero attached hydrogens (tertiary/aromatic N) is 3. The van der Waals surface area contributed by atoms with Crippen molar-refractivity contribution in [3.63, 3.8) is 0 Å². The molecule has 3 rings (SSSR count). The van der Waals surface area contributed by atoms with Gasteiger partial charge in [0.25, 0.3) is 0 Å². The molecule has 1 aromatic heterocycles. The van der Waals surface area contributed by atoms with Crippen LogP contribution in [0.15, 0.2) is 36.5 Å². The summed E-state index contributed by atoms with van der Waals surface area (Å²) in [6.07, 6.45) is 1.95. The van der Waals surface area contributed by atoms with Crippen LogP contribution >= 0.6 is 0 Å². The van der Waals surface area contributed by atoms with Gasteiger partial charge >= 0.3 is 6.03 Å². The second-order valence-corrected chi connectivity index (χ2v) is 5.42. The van der Waals surface area contributed by atoms with Crippen molar-refractivity contribution in [1.29, 1.82) is 0 Å². The number of aryl methyl sites for hydroxylation is 1. The second-order valence-electron chi connectivity index (χ2n) is 5.42. The quantitative estimate of drug-likeness (QED) is 0.889. The highest BCUT2D eigenvalue weighted by molar-refractivity contribution is 5.89. The van der Waals surface area contributed by atoms with Crippen molar-refractivity contribution in [3.05, 3.63) is 42.2 Å². The monoisotopic (exact) mass is 298 g/mol. The fourth-order valence-electron chi connectivity index (χ4n) is 2.42. The van der Waals surface area contributed by atoms with Gasteiger partial charge in [0, 0.05) is 36.2 Å². The van der Waals surface area contributed by atoms with Crippen molar-refractivity contribution in [2.24, 2.45) is 0 Å². The Kier molecular flexibility index (Phi) is 4.02. The topological polar surface area (TPSA) is 78.4 Å². The zero-order valence-corrected chi connectivity index (χ0v) is 12.4. The number of hydrogen-bond donors (Lipinski definition) is 2. The summed E-state index contributed by atoms with van der Waals surface area (Å²) >= 11 is 0. The van der Waals surface area contributed by atoms with Crippen molar-refractivity contribution in [3.8, 4) is 11.4 Å². The molecule has 2 amide bonds. The minimum Gasteiger partial charge on any atom is -0.391 e. The molecule has 0 aliphatic carbocycles. The minimum atomic E-state index is -0.411. The van der Waals surface area contributed by atoms with E-state index in [-0.39, 0.29) is 6.03 Å². The lowest BCUT2D eigenvalue weighted by molar-refractivity contribution is 0.176. The Morgan fingerprint density at radius 3 is 2.73 bits per heavy atom. The number of rotatable bonds is 2. The molecule has 6 heteroatoms. The minimum absolute atomic E-state index is 0.184. The van der Waals surface area contributed by atoms with E-state index in [2.05, 4.69) is 15.3 Å². The maximum atomic E-state index is 12.0. The van der Waals surface area contributed by atoms with Gasteiger partial charge in [0.1, 0.15) is 0 Å². The van der Waals surface area contributed by atoms with Crippen molar-refractivity contribution >= 4 is 11.7 Å². The average molecular weight is 298 g/mol. The van der Waals surface area contributed by atoms with Crippen LogP contribution in [0.5, 0.6) is 0 Å². The number of nitrogens with one attached hydrogen (secondary N) is 1. The summed E-state index contributed by atoms with van der Waals surface area (Å²) in [5.74, 6) is 0.667. The Morgan fingerprint density at radius 1 is 1.32 bits per heavy atom. The first-order chi connectivity index (χ1) is 10.6. The van der Waals surface area contributed by atoms with Crippen molar-refractivity contribution in [2.45, 2.75) is 19.4 Å². The molecule has 114 valence electrons. The molecular weight excluding hydrogens is 280 g/mol.